The molecular weight excluding hydrogens is 178 g/mol. The lowest BCUT2D eigenvalue weighted by Crippen LogP contribution is -2.05. The van der Waals surface area contributed by atoms with Crippen molar-refractivity contribution in [1.82, 2.24) is 19.7 Å². The molecule has 5 heteroatoms. The van der Waals surface area contributed by atoms with Gasteiger partial charge < -0.3 is 5.73 Å². The Hall–Kier alpha value is -1.91. The Labute approximate surface area is 81.6 Å². The zero-order valence-electron chi connectivity index (χ0n) is 8.10. The van der Waals surface area contributed by atoms with Gasteiger partial charge in [-0.3, -0.25) is 0 Å². The van der Waals surface area contributed by atoms with Crippen molar-refractivity contribution >= 4 is 5.82 Å². The molecule has 0 aliphatic heterocycles. The van der Waals surface area contributed by atoms with Gasteiger partial charge in [0, 0.05) is 11.8 Å². The van der Waals surface area contributed by atoms with E-state index in [2.05, 4.69) is 15.1 Å². The van der Waals surface area contributed by atoms with Crippen LogP contribution in [-0.4, -0.2) is 19.7 Å². The van der Waals surface area contributed by atoms with Crippen molar-refractivity contribution in [3.05, 3.63) is 29.8 Å². The second-order valence-corrected chi connectivity index (χ2v) is 3.11. The number of hydrogen-bond acceptors (Lipinski definition) is 4. The molecule has 0 radical (unpaired) electrons. The molecule has 0 saturated heterocycles. The van der Waals surface area contributed by atoms with Gasteiger partial charge in [0.15, 0.2) is 5.82 Å². The molecule has 0 atom stereocenters. The van der Waals surface area contributed by atoms with E-state index in [1.807, 2.05) is 26.1 Å². The number of rotatable bonds is 1. The number of aromatic nitrogens is 4. The Morgan fingerprint density at radius 2 is 2.07 bits per heavy atom. The fourth-order valence-electron chi connectivity index (χ4n) is 1.22. The van der Waals surface area contributed by atoms with E-state index in [1.54, 1.807) is 4.68 Å². The van der Waals surface area contributed by atoms with Gasteiger partial charge in [-0.2, -0.15) is 5.10 Å². The maximum atomic E-state index is 5.67. The normalized spacial score (nSPS) is 10.4. The highest BCUT2D eigenvalue weighted by atomic mass is 15.3. The zero-order valence-corrected chi connectivity index (χ0v) is 8.10. The van der Waals surface area contributed by atoms with E-state index in [0.717, 1.165) is 17.1 Å². The van der Waals surface area contributed by atoms with Crippen LogP contribution in [0.25, 0.3) is 5.82 Å². The van der Waals surface area contributed by atoms with E-state index in [1.165, 1.54) is 6.33 Å². The zero-order chi connectivity index (χ0) is 10.1. The van der Waals surface area contributed by atoms with Crippen molar-refractivity contribution in [3.63, 3.8) is 0 Å². The second-order valence-electron chi connectivity index (χ2n) is 3.11. The van der Waals surface area contributed by atoms with E-state index in [-0.39, 0.29) is 0 Å². The lowest BCUT2D eigenvalue weighted by Gasteiger charge is -2.05. The molecule has 0 aliphatic carbocycles. The number of aryl methyl sites for hydroxylation is 1. The van der Waals surface area contributed by atoms with Crippen LogP contribution in [0.3, 0.4) is 0 Å². The Balaban J connectivity index is 2.57. The van der Waals surface area contributed by atoms with Crippen molar-refractivity contribution < 1.29 is 0 Å². The smallest absolute Gasteiger partial charge is 0.161 e. The summed E-state index contributed by atoms with van der Waals surface area (Å²) in [5.41, 5.74) is 7.46. The predicted octanol–water partition coefficient (Wildman–Crippen LogP) is 0.861. The second kappa shape index (κ2) is 3.10. The van der Waals surface area contributed by atoms with E-state index in [9.17, 15) is 0 Å². The van der Waals surface area contributed by atoms with E-state index < -0.39 is 0 Å². The third-order valence-corrected chi connectivity index (χ3v) is 2.04. The van der Waals surface area contributed by atoms with Crippen LogP contribution in [0.15, 0.2) is 18.6 Å². The molecule has 0 fully saturated rings. The topological polar surface area (TPSA) is 69.6 Å². The molecule has 2 rings (SSSR count). The Bertz CT molecular complexity index is 460. The molecule has 0 bridgehead atoms. The lowest BCUT2D eigenvalue weighted by molar-refractivity contribution is 0.818. The van der Waals surface area contributed by atoms with Gasteiger partial charge in [-0.05, 0) is 19.9 Å². The summed E-state index contributed by atoms with van der Waals surface area (Å²) in [4.78, 5) is 8.03. The lowest BCUT2D eigenvalue weighted by atomic mass is 10.3. The quantitative estimate of drug-likeness (QED) is 0.722. The molecule has 0 spiro atoms. The minimum Gasteiger partial charge on any atom is -0.383 e. The Morgan fingerprint density at radius 1 is 1.29 bits per heavy atom. The molecule has 0 saturated carbocycles. The molecule has 0 aromatic carbocycles. The first-order valence-corrected chi connectivity index (χ1v) is 4.28. The number of nitrogens with two attached hydrogens (primary N) is 1. The monoisotopic (exact) mass is 189 g/mol. The summed E-state index contributed by atoms with van der Waals surface area (Å²) in [5, 5.41) is 4.25. The summed E-state index contributed by atoms with van der Waals surface area (Å²) in [7, 11) is 0. The molecule has 2 aromatic rings. The van der Waals surface area contributed by atoms with Crippen molar-refractivity contribution in [3.8, 4) is 5.82 Å². The molecule has 0 amide bonds. The first kappa shape index (κ1) is 8.68. The van der Waals surface area contributed by atoms with Crippen LogP contribution in [0.1, 0.15) is 11.3 Å². The van der Waals surface area contributed by atoms with E-state index in [0.29, 0.717) is 5.82 Å². The average Bonchev–Trinajstić information content (AvgIpc) is 2.57. The van der Waals surface area contributed by atoms with Crippen molar-refractivity contribution in [1.29, 1.82) is 0 Å². The molecular formula is C9H11N5. The van der Waals surface area contributed by atoms with Crippen molar-refractivity contribution in [2.24, 2.45) is 0 Å². The highest BCUT2D eigenvalue weighted by molar-refractivity contribution is 5.46. The summed E-state index contributed by atoms with van der Waals surface area (Å²) in [6.45, 7) is 3.80. The molecule has 2 N–H and O–H groups in total. The molecule has 0 unspecified atom stereocenters. The van der Waals surface area contributed by atoms with E-state index >= 15 is 0 Å². The highest BCUT2D eigenvalue weighted by Crippen LogP contribution is 2.13. The minimum atomic E-state index is 0.489. The fourth-order valence-corrected chi connectivity index (χ4v) is 1.22. The Kier molecular flexibility index (Phi) is 1.92. The van der Waals surface area contributed by atoms with Gasteiger partial charge in [-0.15, -0.1) is 0 Å². The van der Waals surface area contributed by atoms with Crippen molar-refractivity contribution in [2.45, 2.75) is 13.8 Å². The standard InChI is InChI=1S/C9H11N5/c1-6-3-4-14(13-6)9-7(2)8(10)11-5-12-9/h3-5H,1-2H3,(H2,10,11,12). The van der Waals surface area contributed by atoms with Gasteiger partial charge in [0.1, 0.15) is 12.1 Å². The molecule has 0 aliphatic rings. The summed E-state index contributed by atoms with van der Waals surface area (Å²) in [6.07, 6.45) is 3.29. The van der Waals surface area contributed by atoms with Gasteiger partial charge in [-0.25, -0.2) is 14.6 Å². The molecule has 5 nitrogen and oxygen atoms in total. The van der Waals surface area contributed by atoms with Crippen LogP contribution >= 0.6 is 0 Å². The summed E-state index contributed by atoms with van der Waals surface area (Å²) in [6, 6.07) is 1.91. The van der Waals surface area contributed by atoms with Crippen LogP contribution in [0.5, 0.6) is 0 Å². The predicted molar refractivity (Wildman–Crippen MR) is 53.0 cm³/mol. The molecule has 2 aromatic heterocycles. The molecule has 2 heterocycles. The van der Waals surface area contributed by atoms with Gasteiger partial charge in [0.05, 0.1) is 5.69 Å². The van der Waals surface area contributed by atoms with Gasteiger partial charge in [0.2, 0.25) is 0 Å². The molecule has 14 heavy (non-hydrogen) atoms. The van der Waals surface area contributed by atoms with E-state index in [4.69, 9.17) is 5.73 Å². The largest absolute Gasteiger partial charge is 0.383 e. The van der Waals surface area contributed by atoms with Gasteiger partial charge in [0.25, 0.3) is 0 Å². The summed E-state index contributed by atoms with van der Waals surface area (Å²) >= 11 is 0. The summed E-state index contributed by atoms with van der Waals surface area (Å²) in [5.74, 6) is 1.22. The first-order valence-electron chi connectivity index (χ1n) is 4.28. The van der Waals surface area contributed by atoms with Gasteiger partial charge >= 0.3 is 0 Å². The van der Waals surface area contributed by atoms with Crippen LogP contribution in [0.2, 0.25) is 0 Å². The first-order chi connectivity index (χ1) is 6.68. The van der Waals surface area contributed by atoms with Crippen LogP contribution in [-0.2, 0) is 0 Å². The average molecular weight is 189 g/mol. The van der Waals surface area contributed by atoms with Gasteiger partial charge in [-0.1, -0.05) is 0 Å². The number of anilines is 1. The fraction of sp³-hybridized carbons (Fsp3) is 0.222. The SMILES string of the molecule is Cc1ccn(-c2ncnc(N)c2C)n1. The minimum absolute atomic E-state index is 0.489. The maximum absolute atomic E-state index is 5.67. The van der Waals surface area contributed by atoms with Crippen LogP contribution in [0.4, 0.5) is 5.82 Å². The van der Waals surface area contributed by atoms with Crippen LogP contribution in [0, 0.1) is 13.8 Å². The van der Waals surface area contributed by atoms with Crippen LogP contribution < -0.4 is 5.73 Å². The third-order valence-electron chi connectivity index (χ3n) is 2.04. The third kappa shape index (κ3) is 1.32. The number of hydrogen-bond donors (Lipinski definition) is 1. The highest BCUT2D eigenvalue weighted by Gasteiger charge is 2.06. The van der Waals surface area contributed by atoms with Crippen molar-refractivity contribution in [2.75, 3.05) is 5.73 Å². The molecule has 72 valence electrons. The number of nitrogen functional groups attached to an aromatic ring is 1. The maximum Gasteiger partial charge on any atom is 0.161 e. The number of nitrogens with zero attached hydrogens (tertiary/aromatic N) is 4. The Morgan fingerprint density at radius 3 is 2.71 bits per heavy atom. The summed E-state index contributed by atoms with van der Waals surface area (Å²) < 4.78 is 1.70.